The SMILES string of the molecule is Cn1cnc2cc(C(=O)N[C@H]3COC[C@H]3Oc3cn[nH]c3)ccc21. The summed E-state index contributed by atoms with van der Waals surface area (Å²) in [5.41, 5.74) is 2.34. The molecule has 3 heterocycles. The van der Waals surface area contributed by atoms with Gasteiger partial charge in [0.1, 0.15) is 6.10 Å². The van der Waals surface area contributed by atoms with Gasteiger partial charge in [-0.2, -0.15) is 5.10 Å². The summed E-state index contributed by atoms with van der Waals surface area (Å²) in [6.07, 6.45) is 4.73. The Balaban J connectivity index is 1.47. The van der Waals surface area contributed by atoms with E-state index in [0.29, 0.717) is 24.5 Å². The van der Waals surface area contributed by atoms with Crippen LogP contribution in [0.25, 0.3) is 11.0 Å². The average molecular weight is 327 g/mol. The van der Waals surface area contributed by atoms with E-state index in [-0.39, 0.29) is 18.1 Å². The molecule has 124 valence electrons. The zero-order chi connectivity index (χ0) is 16.5. The van der Waals surface area contributed by atoms with Crippen LogP contribution < -0.4 is 10.1 Å². The molecule has 1 saturated heterocycles. The number of imidazole rings is 1. The van der Waals surface area contributed by atoms with Gasteiger partial charge in [-0.25, -0.2) is 4.98 Å². The van der Waals surface area contributed by atoms with Crippen molar-refractivity contribution in [3.8, 4) is 5.75 Å². The highest BCUT2D eigenvalue weighted by atomic mass is 16.5. The normalized spacial score (nSPS) is 20.4. The lowest BCUT2D eigenvalue weighted by Crippen LogP contribution is -2.45. The number of ether oxygens (including phenoxy) is 2. The van der Waals surface area contributed by atoms with Crippen LogP contribution in [0, 0.1) is 0 Å². The molecule has 8 nitrogen and oxygen atoms in total. The second-order valence-electron chi connectivity index (χ2n) is 5.77. The number of fused-ring (bicyclic) bond motifs is 1. The summed E-state index contributed by atoms with van der Waals surface area (Å²) < 4.78 is 13.1. The Morgan fingerprint density at radius 3 is 3.21 bits per heavy atom. The number of benzene rings is 1. The molecular weight excluding hydrogens is 310 g/mol. The number of rotatable bonds is 4. The van der Waals surface area contributed by atoms with Crippen LogP contribution in [0.4, 0.5) is 0 Å². The Hall–Kier alpha value is -2.87. The Morgan fingerprint density at radius 2 is 2.38 bits per heavy atom. The summed E-state index contributed by atoms with van der Waals surface area (Å²) in [5.74, 6) is 0.457. The van der Waals surface area contributed by atoms with Crippen LogP contribution >= 0.6 is 0 Å². The van der Waals surface area contributed by atoms with E-state index in [0.717, 1.165) is 11.0 Å². The Morgan fingerprint density at radius 1 is 1.46 bits per heavy atom. The molecule has 0 radical (unpaired) electrons. The van der Waals surface area contributed by atoms with Gasteiger partial charge in [-0.1, -0.05) is 0 Å². The minimum atomic E-state index is -0.245. The Bertz CT molecular complexity index is 858. The fourth-order valence-corrected chi connectivity index (χ4v) is 2.79. The molecule has 8 heteroatoms. The van der Waals surface area contributed by atoms with Gasteiger partial charge in [0.25, 0.3) is 5.91 Å². The molecule has 24 heavy (non-hydrogen) atoms. The van der Waals surface area contributed by atoms with Crippen molar-refractivity contribution in [3.05, 3.63) is 42.5 Å². The van der Waals surface area contributed by atoms with Crippen LogP contribution in [0.5, 0.6) is 5.75 Å². The fraction of sp³-hybridized carbons (Fsp3) is 0.312. The van der Waals surface area contributed by atoms with E-state index in [9.17, 15) is 4.79 Å². The number of aromatic nitrogens is 4. The minimum absolute atomic E-state index is 0.168. The molecule has 1 amide bonds. The van der Waals surface area contributed by atoms with Gasteiger partial charge in [0.15, 0.2) is 5.75 Å². The maximum atomic E-state index is 12.5. The lowest BCUT2D eigenvalue weighted by molar-refractivity contribution is 0.0904. The average Bonchev–Trinajstić information content (AvgIpc) is 3.31. The molecule has 2 aromatic heterocycles. The Labute approximate surface area is 137 Å². The van der Waals surface area contributed by atoms with Crippen molar-refractivity contribution in [1.82, 2.24) is 25.1 Å². The van der Waals surface area contributed by atoms with Gasteiger partial charge in [0.05, 0.1) is 49.0 Å². The summed E-state index contributed by atoms with van der Waals surface area (Å²) in [6.45, 7) is 0.843. The smallest absolute Gasteiger partial charge is 0.251 e. The first kappa shape index (κ1) is 14.7. The Kier molecular flexibility index (Phi) is 3.66. The van der Waals surface area contributed by atoms with Crippen molar-refractivity contribution in [2.45, 2.75) is 12.1 Å². The number of nitrogens with zero attached hydrogens (tertiary/aromatic N) is 3. The second kappa shape index (κ2) is 5.97. The van der Waals surface area contributed by atoms with Crippen LogP contribution in [0.1, 0.15) is 10.4 Å². The monoisotopic (exact) mass is 327 g/mol. The molecule has 0 saturated carbocycles. The van der Waals surface area contributed by atoms with E-state index in [2.05, 4.69) is 20.5 Å². The number of carbonyl (C=O) groups is 1. The van der Waals surface area contributed by atoms with E-state index in [1.807, 2.05) is 17.7 Å². The molecular formula is C16H17N5O3. The second-order valence-corrected chi connectivity index (χ2v) is 5.77. The highest BCUT2D eigenvalue weighted by Crippen LogP contribution is 2.17. The molecule has 0 bridgehead atoms. The summed E-state index contributed by atoms with van der Waals surface area (Å²) in [6, 6.07) is 5.25. The maximum absolute atomic E-state index is 12.5. The number of aryl methyl sites for hydroxylation is 1. The number of nitrogens with one attached hydrogen (secondary N) is 2. The zero-order valence-corrected chi connectivity index (χ0v) is 13.1. The number of hydrogen-bond donors (Lipinski definition) is 2. The van der Waals surface area contributed by atoms with Crippen LogP contribution in [0.2, 0.25) is 0 Å². The van der Waals surface area contributed by atoms with Crippen LogP contribution in [0.3, 0.4) is 0 Å². The zero-order valence-electron chi connectivity index (χ0n) is 13.1. The molecule has 3 aromatic rings. The molecule has 1 fully saturated rings. The van der Waals surface area contributed by atoms with E-state index in [1.165, 1.54) is 0 Å². The third kappa shape index (κ3) is 2.71. The largest absolute Gasteiger partial charge is 0.482 e. The van der Waals surface area contributed by atoms with E-state index >= 15 is 0 Å². The number of amides is 1. The first-order valence-corrected chi connectivity index (χ1v) is 7.66. The van der Waals surface area contributed by atoms with Gasteiger partial charge >= 0.3 is 0 Å². The summed E-state index contributed by atoms with van der Waals surface area (Å²) in [5, 5.41) is 9.51. The lowest BCUT2D eigenvalue weighted by Gasteiger charge is -2.19. The number of H-pyrrole nitrogens is 1. The predicted octanol–water partition coefficient (Wildman–Crippen LogP) is 0.873. The molecule has 2 N–H and O–H groups in total. The number of aromatic amines is 1. The van der Waals surface area contributed by atoms with Crippen molar-refractivity contribution >= 4 is 16.9 Å². The highest BCUT2D eigenvalue weighted by molar-refractivity contribution is 5.97. The lowest BCUT2D eigenvalue weighted by atomic mass is 10.1. The highest BCUT2D eigenvalue weighted by Gasteiger charge is 2.32. The van der Waals surface area contributed by atoms with Crippen molar-refractivity contribution in [2.24, 2.45) is 7.05 Å². The summed E-state index contributed by atoms with van der Waals surface area (Å²) in [7, 11) is 1.92. The van der Waals surface area contributed by atoms with Gasteiger partial charge in [0, 0.05) is 12.6 Å². The topological polar surface area (TPSA) is 94.1 Å². The standard InChI is InChI=1S/C16H17N5O3/c1-21-9-17-12-4-10(2-3-14(12)21)16(22)20-13-7-23-8-15(13)24-11-5-18-19-6-11/h2-6,9,13,15H,7-8H2,1H3,(H,18,19)(H,20,22)/t13-,15+/m0/s1. The van der Waals surface area contributed by atoms with Gasteiger partial charge in [-0.15, -0.1) is 0 Å². The minimum Gasteiger partial charge on any atom is -0.482 e. The first-order chi connectivity index (χ1) is 11.7. The van der Waals surface area contributed by atoms with E-state index in [1.54, 1.807) is 30.9 Å². The van der Waals surface area contributed by atoms with Gasteiger partial charge in [-0.3, -0.25) is 9.89 Å². The summed E-state index contributed by atoms with van der Waals surface area (Å²) >= 11 is 0. The number of hydrogen-bond acceptors (Lipinski definition) is 5. The molecule has 1 aliphatic heterocycles. The quantitative estimate of drug-likeness (QED) is 0.742. The molecule has 1 aliphatic rings. The summed E-state index contributed by atoms with van der Waals surface area (Å²) in [4.78, 5) is 16.8. The van der Waals surface area contributed by atoms with Gasteiger partial charge in [0.2, 0.25) is 0 Å². The third-order valence-electron chi connectivity index (χ3n) is 4.09. The maximum Gasteiger partial charge on any atom is 0.251 e. The third-order valence-corrected chi connectivity index (χ3v) is 4.09. The fourth-order valence-electron chi connectivity index (χ4n) is 2.79. The number of carbonyl (C=O) groups excluding carboxylic acids is 1. The van der Waals surface area contributed by atoms with Crippen LogP contribution in [0.15, 0.2) is 36.9 Å². The van der Waals surface area contributed by atoms with E-state index in [4.69, 9.17) is 9.47 Å². The van der Waals surface area contributed by atoms with Crippen molar-refractivity contribution in [1.29, 1.82) is 0 Å². The van der Waals surface area contributed by atoms with Crippen molar-refractivity contribution in [3.63, 3.8) is 0 Å². The van der Waals surface area contributed by atoms with Crippen molar-refractivity contribution in [2.75, 3.05) is 13.2 Å². The molecule has 2 atom stereocenters. The first-order valence-electron chi connectivity index (χ1n) is 7.66. The van der Waals surface area contributed by atoms with Crippen LogP contribution in [-0.2, 0) is 11.8 Å². The molecule has 0 unspecified atom stereocenters. The molecule has 0 aliphatic carbocycles. The van der Waals surface area contributed by atoms with Gasteiger partial charge in [-0.05, 0) is 18.2 Å². The molecule has 4 rings (SSSR count). The predicted molar refractivity (Wildman–Crippen MR) is 85.8 cm³/mol. The van der Waals surface area contributed by atoms with E-state index < -0.39 is 0 Å². The molecule has 1 aromatic carbocycles. The van der Waals surface area contributed by atoms with Gasteiger partial charge < -0.3 is 19.4 Å². The van der Waals surface area contributed by atoms with Crippen molar-refractivity contribution < 1.29 is 14.3 Å². The molecule has 0 spiro atoms. The van der Waals surface area contributed by atoms with Crippen LogP contribution in [-0.4, -0.2) is 51.0 Å².